The third kappa shape index (κ3) is 6.29. The summed E-state index contributed by atoms with van der Waals surface area (Å²) in [5, 5.41) is 9.90. The molecule has 36 heavy (non-hydrogen) atoms. The highest BCUT2D eigenvalue weighted by atomic mass is 32.2. The van der Waals surface area contributed by atoms with Crippen molar-refractivity contribution in [3.05, 3.63) is 81.3 Å². The van der Waals surface area contributed by atoms with Gasteiger partial charge >= 0.3 is 6.09 Å². The number of hydrogen-bond donors (Lipinski definition) is 1. The molecule has 2 heterocycles. The summed E-state index contributed by atoms with van der Waals surface area (Å²) in [4.78, 5) is 20.1. The first-order chi connectivity index (χ1) is 17.0. The van der Waals surface area contributed by atoms with Crippen LogP contribution in [0.2, 0.25) is 0 Å². The molecular formula is C26H28N4O4S2. The second-order valence-electron chi connectivity index (χ2n) is 9.58. The van der Waals surface area contributed by atoms with Crippen molar-refractivity contribution in [1.82, 2.24) is 14.6 Å². The maximum Gasteiger partial charge on any atom is 0.410 e. The zero-order valence-electron chi connectivity index (χ0n) is 20.4. The normalized spacial score (nSPS) is 14.6. The van der Waals surface area contributed by atoms with Gasteiger partial charge in [-0.1, -0.05) is 30.3 Å². The highest BCUT2D eigenvalue weighted by Crippen LogP contribution is 2.32. The van der Waals surface area contributed by atoms with E-state index in [-0.39, 0.29) is 11.0 Å². The standard InChI is InChI=1S/C26H28N4O4S2/c1-26(2,3)34-25(31)30-13-12-21-23(17-30)35-24(28-21)22(15-18-8-7-9-19(14-18)16-27)29-36(32,33)20-10-5-4-6-11-20/h4-11,14,22,29H,12-13,15,17H2,1-3H3. The Balaban J connectivity index is 1.63. The van der Waals surface area contributed by atoms with Crippen LogP contribution < -0.4 is 4.72 Å². The number of hydrogen-bond acceptors (Lipinski definition) is 7. The minimum absolute atomic E-state index is 0.165. The highest BCUT2D eigenvalue weighted by molar-refractivity contribution is 7.89. The minimum Gasteiger partial charge on any atom is -0.444 e. The van der Waals surface area contributed by atoms with Crippen LogP contribution in [0, 0.1) is 11.3 Å². The number of thiazole rings is 1. The molecular weight excluding hydrogens is 496 g/mol. The van der Waals surface area contributed by atoms with E-state index in [1.807, 2.05) is 26.8 Å². The van der Waals surface area contributed by atoms with E-state index < -0.39 is 21.7 Å². The number of carbonyl (C=O) groups excluding carboxylic acids is 1. The van der Waals surface area contributed by atoms with E-state index in [1.54, 1.807) is 53.4 Å². The Bertz CT molecular complexity index is 1390. The van der Waals surface area contributed by atoms with Crippen molar-refractivity contribution in [2.45, 2.75) is 56.7 Å². The molecule has 1 aromatic heterocycles. The maximum absolute atomic E-state index is 13.2. The van der Waals surface area contributed by atoms with Crippen LogP contribution in [0.15, 0.2) is 59.5 Å². The van der Waals surface area contributed by atoms with E-state index in [4.69, 9.17) is 9.72 Å². The molecule has 0 fully saturated rings. The molecule has 0 aliphatic carbocycles. The van der Waals surface area contributed by atoms with Crippen molar-refractivity contribution >= 4 is 27.5 Å². The van der Waals surface area contributed by atoms with E-state index in [2.05, 4.69) is 10.8 Å². The number of nitrogens with one attached hydrogen (secondary N) is 1. The summed E-state index contributed by atoms with van der Waals surface area (Å²) in [5.74, 6) is 0. The van der Waals surface area contributed by atoms with Crippen LogP contribution in [0.4, 0.5) is 4.79 Å². The first kappa shape index (κ1) is 25.8. The van der Waals surface area contributed by atoms with Gasteiger partial charge in [0.15, 0.2) is 0 Å². The predicted octanol–water partition coefficient (Wildman–Crippen LogP) is 4.57. The van der Waals surface area contributed by atoms with Crippen molar-refractivity contribution in [2.75, 3.05) is 6.54 Å². The number of ether oxygens (including phenoxy) is 1. The number of carbonyl (C=O) groups is 1. The first-order valence-corrected chi connectivity index (χ1v) is 13.9. The third-order valence-corrected chi connectivity index (χ3v) is 8.23. The van der Waals surface area contributed by atoms with E-state index in [0.29, 0.717) is 36.5 Å². The summed E-state index contributed by atoms with van der Waals surface area (Å²) in [6.07, 6.45) is 0.509. The Morgan fingerprint density at radius 1 is 1.22 bits per heavy atom. The van der Waals surface area contributed by atoms with E-state index >= 15 is 0 Å². The molecule has 1 amide bonds. The molecule has 188 valence electrons. The van der Waals surface area contributed by atoms with Crippen molar-refractivity contribution in [3.8, 4) is 6.07 Å². The number of nitrogens with zero attached hydrogens (tertiary/aromatic N) is 3. The number of amides is 1. The predicted molar refractivity (Wildman–Crippen MR) is 137 cm³/mol. The number of rotatable bonds is 6. The van der Waals surface area contributed by atoms with E-state index in [0.717, 1.165) is 16.1 Å². The minimum atomic E-state index is -3.82. The second-order valence-corrected chi connectivity index (χ2v) is 12.4. The van der Waals surface area contributed by atoms with Gasteiger partial charge in [-0.15, -0.1) is 11.3 Å². The summed E-state index contributed by atoms with van der Waals surface area (Å²) < 4.78 is 34.7. The molecule has 0 saturated carbocycles. The van der Waals surface area contributed by atoms with Gasteiger partial charge in [-0.05, 0) is 57.0 Å². The van der Waals surface area contributed by atoms with Crippen LogP contribution in [0.1, 0.15) is 53.5 Å². The van der Waals surface area contributed by atoms with Crippen molar-refractivity contribution < 1.29 is 17.9 Å². The van der Waals surface area contributed by atoms with Gasteiger partial charge in [0, 0.05) is 17.8 Å². The quantitative estimate of drug-likeness (QED) is 0.506. The first-order valence-electron chi connectivity index (χ1n) is 11.6. The Morgan fingerprint density at radius 2 is 1.97 bits per heavy atom. The van der Waals surface area contributed by atoms with Crippen LogP contribution in [0.3, 0.4) is 0 Å². The second kappa shape index (κ2) is 10.4. The average molecular weight is 525 g/mol. The third-order valence-electron chi connectivity index (χ3n) is 5.54. The largest absolute Gasteiger partial charge is 0.444 e. The molecule has 1 aliphatic rings. The summed E-state index contributed by atoms with van der Waals surface area (Å²) >= 11 is 1.40. The van der Waals surface area contributed by atoms with Crippen LogP contribution in [-0.2, 0) is 34.1 Å². The van der Waals surface area contributed by atoms with Gasteiger partial charge in [-0.2, -0.15) is 5.26 Å². The molecule has 0 saturated heterocycles. The van der Waals surface area contributed by atoms with Gasteiger partial charge in [0.25, 0.3) is 0 Å². The molecule has 0 bridgehead atoms. The topological polar surface area (TPSA) is 112 Å². The van der Waals surface area contributed by atoms with Crippen molar-refractivity contribution in [2.24, 2.45) is 0 Å². The fourth-order valence-electron chi connectivity index (χ4n) is 3.88. The Morgan fingerprint density at radius 3 is 2.67 bits per heavy atom. The van der Waals surface area contributed by atoms with Crippen LogP contribution >= 0.6 is 11.3 Å². The molecule has 3 aromatic rings. The Kier molecular flexibility index (Phi) is 7.45. The molecule has 2 aromatic carbocycles. The molecule has 1 N–H and O–H groups in total. The van der Waals surface area contributed by atoms with Crippen molar-refractivity contribution in [1.29, 1.82) is 5.26 Å². The molecule has 1 unspecified atom stereocenters. The van der Waals surface area contributed by atoms with Gasteiger partial charge in [-0.3, -0.25) is 0 Å². The summed E-state index contributed by atoms with van der Waals surface area (Å²) in [6, 6.07) is 16.8. The molecule has 0 spiro atoms. The summed E-state index contributed by atoms with van der Waals surface area (Å²) in [7, 11) is -3.82. The molecule has 1 aliphatic heterocycles. The van der Waals surface area contributed by atoms with Gasteiger partial charge in [0.05, 0.1) is 34.8 Å². The van der Waals surface area contributed by atoms with Crippen LogP contribution in [0.25, 0.3) is 0 Å². The summed E-state index contributed by atoms with van der Waals surface area (Å²) in [6.45, 7) is 6.33. The van der Waals surface area contributed by atoms with Gasteiger partial charge in [-0.25, -0.2) is 22.9 Å². The van der Waals surface area contributed by atoms with E-state index in [9.17, 15) is 18.5 Å². The zero-order valence-corrected chi connectivity index (χ0v) is 22.0. The lowest BCUT2D eigenvalue weighted by atomic mass is 10.0. The van der Waals surface area contributed by atoms with Crippen LogP contribution in [0.5, 0.6) is 0 Å². The fraction of sp³-hybridized carbons (Fsp3) is 0.346. The summed E-state index contributed by atoms with van der Waals surface area (Å²) in [5.41, 5.74) is 1.60. The monoisotopic (exact) mass is 524 g/mol. The molecule has 10 heteroatoms. The van der Waals surface area contributed by atoms with Gasteiger partial charge < -0.3 is 9.64 Å². The molecule has 1 atom stereocenters. The molecule has 8 nitrogen and oxygen atoms in total. The zero-order chi connectivity index (χ0) is 25.9. The smallest absolute Gasteiger partial charge is 0.410 e. The lowest BCUT2D eigenvalue weighted by Gasteiger charge is -2.29. The number of sulfonamides is 1. The Labute approximate surface area is 215 Å². The van der Waals surface area contributed by atoms with Gasteiger partial charge in [0.2, 0.25) is 10.0 Å². The fourth-order valence-corrected chi connectivity index (χ4v) is 6.36. The average Bonchev–Trinajstić information content (AvgIpc) is 3.27. The molecule has 0 radical (unpaired) electrons. The molecule has 4 rings (SSSR count). The van der Waals surface area contributed by atoms with Crippen molar-refractivity contribution in [3.63, 3.8) is 0 Å². The lowest BCUT2D eigenvalue weighted by molar-refractivity contribution is 0.0225. The number of fused-ring (bicyclic) bond motifs is 1. The highest BCUT2D eigenvalue weighted by Gasteiger charge is 2.30. The van der Waals surface area contributed by atoms with Crippen LogP contribution in [-0.4, -0.2) is 36.5 Å². The van der Waals surface area contributed by atoms with Gasteiger partial charge in [0.1, 0.15) is 10.6 Å². The lowest BCUT2D eigenvalue weighted by Crippen LogP contribution is -2.39. The SMILES string of the molecule is CC(C)(C)OC(=O)N1CCc2nc(C(Cc3cccc(C#N)c3)NS(=O)(=O)c3ccccc3)sc2C1. The maximum atomic E-state index is 13.2. The Hall–Kier alpha value is -3.26. The number of benzene rings is 2. The number of aromatic nitrogens is 1. The van der Waals surface area contributed by atoms with E-state index in [1.165, 1.54) is 11.3 Å². The number of nitriles is 1.